The molecule has 0 amide bonds. The van der Waals surface area contributed by atoms with Crippen LogP contribution in [0, 0.1) is 0 Å². The van der Waals surface area contributed by atoms with Gasteiger partial charge in [-0.3, -0.25) is 9.59 Å². The second-order valence-electron chi connectivity index (χ2n) is 15.6. The number of benzene rings is 2. The van der Waals surface area contributed by atoms with Gasteiger partial charge in [-0.1, -0.05) is 154 Å². The van der Waals surface area contributed by atoms with E-state index in [9.17, 15) is 9.59 Å². The molecular formula is C48H80N2O4. The molecule has 0 fully saturated rings. The van der Waals surface area contributed by atoms with Crippen molar-refractivity contribution in [2.45, 2.75) is 182 Å². The third-order valence-corrected chi connectivity index (χ3v) is 10.5. The largest absolute Gasteiger partial charge is 0.461 e. The lowest BCUT2D eigenvalue weighted by molar-refractivity contribution is -0.146. The van der Waals surface area contributed by atoms with E-state index in [0.29, 0.717) is 12.8 Å². The molecule has 0 unspecified atom stereocenters. The molecule has 0 atom stereocenters. The number of ether oxygens (including phenoxy) is 2. The van der Waals surface area contributed by atoms with Crippen molar-refractivity contribution in [3.8, 4) is 11.1 Å². The molecule has 0 spiro atoms. The number of hydrogen-bond acceptors (Lipinski definition) is 6. The first kappa shape index (κ1) is 47.5. The van der Waals surface area contributed by atoms with Gasteiger partial charge < -0.3 is 19.3 Å². The fraction of sp³-hybridized carbons (Fsp3) is 0.708. The topological polar surface area (TPSA) is 59.1 Å². The molecule has 0 aliphatic carbocycles. The Morgan fingerprint density at radius 1 is 0.426 bits per heavy atom. The molecular weight excluding hydrogens is 669 g/mol. The van der Waals surface area contributed by atoms with Gasteiger partial charge in [-0.2, -0.15) is 0 Å². The van der Waals surface area contributed by atoms with Gasteiger partial charge in [0.1, 0.15) is 13.2 Å². The van der Waals surface area contributed by atoms with Gasteiger partial charge in [0.15, 0.2) is 0 Å². The van der Waals surface area contributed by atoms with E-state index in [2.05, 4.69) is 61.8 Å². The van der Waals surface area contributed by atoms with Gasteiger partial charge in [0, 0.05) is 12.8 Å². The molecule has 0 bridgehead atoms. The van der Waals surface area contributed by atoms with Crippen molar-refractivity contribution < 1.29 is 19.1 Å². The van der Waals surface area contributed by atoms with Crippen LogP contribution in [-0.4, -0.2) is 61.0 Å². The van der Waals surface area contributed by atoms with Crippen molar-refractivity contribution in [1.29, 1.82) is 0 Å². The zero-order valence-electron chi connectivity index (χ0n) is 35.4. The fourth-order valence-corrected chi connectivity index (χ4v) is 7.12. The van der Waals surface area contributed by atoms with Crippen LogP contribution in [0.3, 0.4) is 0 Å². The summed E-state index contributed by atoms with van der Waals surface area (Å²) in [5, 5.41) is 0. The maximum Gasteiger partial charge on any atom is 0.306 e. The minimum atomic E-state index is -0.126. The Bertz CT molecular complexity index is 1120. The highest BCUT2D eigenvalue weighted by Crippen LogP contribution is 2.23. The Balaban J connectivity index is 1.76. The van der Waals surface area contributed by atoms with Crippen LogP contribution < -0.4 is 0 Å². The second-order valence-corrected chi connectivity index (χ2v) is 15.6. The summed E-state index contributed by atoms with van der Waals surface area (Å²) in [7, 11) is 0. The molecule has 2 aromatic carbocycles. The van der Waals surface area contributed by atoms with E-state index in [1.54, 1.807) is 0 Å². The van der Waals surface area contributed by atoms with Gasteiger partial charge in [0.2, 0.25) is 0 Å². The smallest absolute Gasteiger partial charge is 0.306 e. The summed E-state index contributed by atoms with van der Waals surface area (Å²) >= 11 is 0. The Hall–Kier alpha value is -2.70. The van der Waals surface area contributed by atoms with Crippen molar-refractivity contribution in [3.05, 3.63) is 59.7 Å². The quantitative estimate of drug-likeness (QED) is 0.0517. The standard InChI is InChI=1S/C48H80N2O4/c1-5-9-13-15-17-21-35-49(33-19-11-7-3)37-25-31-47(51)53-41-43-27-23-29-45(39-43)46-30-24-28-44(40-46)42-54-48(52)32-26-38-50(34-20-12-8-4)36-22-18-16-14-10-6-2/h23-24,27-30,39-40H,5-22,25-26,31-38,41-42H2,1-4H3. The maximum atomic E-state index is 12.7. The van der Waals surface area contributed by atoms with Crippen LogP contribution >= 0.6 is 0 Å². The number of esters is 2. The average Bonchev–Trinajstić information content (AvgIpc) is 3.18. The molecule has 0 aromatic heterocycles. The SMILES string of the molecule is CCCCCCCCN(CCCCC)CCCC(=O)OCc1cccc(-c2cccc(COC(=O)CCCN(CCCCC)CCCCCCCC)c2)c1. The third-order valence-electron chi connectivity index (χ3n) is 10.5. The number of hydrogen-bond donors (Lipinski definition) is 0. The van der Waals surface area contributed by atoms with Gasteiger partial charge in [-0.05, 0) is 112 Å². The molecule has 2 rings (SSSR count). The Kier molecular flexibility index (Phi) is 28.6. The molecule has 0 heterocycles. The third kappa shape index (κ3) is 23.9. The van der Waals surface area contributed by atoms with Crippen LogP contribution in [0.25, 0.3) is 11.1 Å². The fourth-order valence-electron chi connectivity index (χ4n) is 7.12. The summed E-state index contributed by atoms with van der Waals surface area (Å²) in [6.45, 7) is 16.1. The molecule has 306 valence electrons. The zero-order chi connectivity index (χ0) is 38.9. The van der Waals surface area contributed by atoms with E-state index < -0.39 is 0 Å². The second kappa shape index (κ2) is 32.5. The average molecular weight is 749 g/mol. The van der Waals surface area contributed by atoms with Crippen molar-refractivity contribution in [2.75, 3.05) is 39.3 Å². The summed E-state index contributed by atoms with van der Waals surface area (Å²) in [6.07, 6.45) is 25.8. The first-order chi connectivity index (χ1) is 26.5. The maximum absolute atomic E-state index is 12.7. The summed E-state index contributed by atoms with van der Waals surface area (Å²) in [4.78, 5) is 30.5. The van der Waals surface area contributed by atoms with Crippen LogP contribution in [0.1, 0.15) is 180 Å². The van der Waals surface area contributed by atoms with E-state index >= 15 is 0 Å². The number of rotatable bonds is 35. The van der Waals surface area contributed by atoms with Crippen LogP contribution in [0.15, 0.2) is 48.5 Å². The normalized spacial score (nSPS) is 11.4. The molecule has 54 heavy (non-hydrogen) atoms. The monoisotopic (exact) mass is 749 g/mol. The van der Waals surface area contributed by atoms with E-state index in [-0.39, 0.29) is 25.2 Å². The zero-order valence-corrected chi connectivity index (χ0v) is 35.4. The minimum absolute atomic E-state index is 0.126. The van der Waals surface area contributed by atoms with E-state index in [4.69, 9.17) is 9.47 Å². The van der Waals surface area contributed by atoms with Gasteiger partial charge in [0.25, 0.3) is 0 Å². The van der Waals surface area contributed by atoms with E-state index in [1.165, 1.54) is 116 Å². The van der Waals surface area contributed by atoms with E-state index in [1.807, 2.05) is 24.3 Å². The first-order valence-corrected chi connectivity index (χ1v) is 22.4. The van der Waals surface area contributed by atoms with Gasteiger partial charge in [0.05, 0.1) is 0 Å². The van der Waals surface area contributed by atoms with Gasteiger partial charge >= 0.3 is 11.9 Å². The molecule has 6 nitrogen and oxygen atoms in total. The van der Waals surface area contributed by atoms with Crippen LogP contribution in [0.2, 0.25) is 0 Å². The highest BCUT2D eigenvalue weighted by molar-refractivity contribution is 5.70. The molecule has 0 saturated carbocycles. The number of nitrogens with zero attached hydrogens (tertiary/aromatic N) is 2. The minimum Gasteiger partial charge on any atom is -0.461 e. The van der Waals surface area contributed by atoms with Crippen molar-refractivity contribution in [3.63, 3.8) is 0 Å². The van der Waals surface area contributed by atoms with Crippen LogP contribution in [0.4, 0.5) is 0 Å². The van der Waals surface area contributed by atoms with Crippen LogP contribution in [-0.2, 0) is 32.3 Å². The summed E-state index contributed by atoms with van der Waals surface area (Å²) in [5.74, 6) is -0.251. The summed E-state index contributed by atoms with van der Waals surface area (Å²) in [6, 6.07) is 16.4. The van der Waals surface area contributed by atoms with Crippen LogP contribution in [0.5, 0.6) is 0 Å². The molecule has 0 N–H and O–H groups in total. The molecule has 6 heteroatoms. The van der Waals surface area contributed by atoms with Crippen molar-refractivity contribution in [2.24, 2.45) is 0 Å². The lowest BCUT2D eigenvalue weighted by atomic mass is 10.0. The predicted octanol–water partition coefficient (Wildman–Crippen LogP) is 12.7. The molecule has 2 aromatic rings. The first-order valence-electron chi connectivity index (χ1n) is 22.4. The van der Waals surface area contributed by atoms with Gasteiger partial charge in [-0.25, -0.2) is 0 Å². The highest BCUT2D eigenvalue weighted by Gasteiger charge is 2.11. The lowest BCUT2D eigenvalue weighted by Crippen LogP contribution is -2.28. The highest BCUT2D eigenvalue weighted by atomic mass is 16.5. The molecule has 0 saturated heterocycles. The molecule has 0 radical (unpaired) electrons. The molecule has 0 aliphatic heterocycles. The summed E-state index contributed by atoms with van der Waals surface area (Å²) < 4.78 is 11.4. The Morgan fingerprint density at radius 3 is 1.13 bits per heavy atom. The summed E-state index contributed by atoms with van der Waals surface area (Å²) in [5.41, 5.74) is 4.06. The number of carbonyl (C=O) groups excluding carboxylic acids is 2. The predicted molar refractivity (Wildman–Crippen MR) is 229 cm³/mol. The number of carbonyl (C=O) groups is 2. The Labute approximate surface area is 332 Å². The Morgan fingerprint density at radius 2 is 0.741 bits per heavy atom. The van der Waals surface area contributed by atoms with E-state index in [0.717, 1.165) is 74.4 Å². The number of unbranched alkanes of at least 4 members (excludes halogenated alkanes) is 14. The van der Waals surface area contributed by atoms with Crippen molar-refractivity contribution in [1.82, 2.24) is 9.80 Å². The van der Waals surface area contributed by atoms with Gasteiger partial charge in [-0.15, -0.1) is 0 Å². The molecule has 0 aliphatic rings. The van der Waals surface area contributed by atoms with Crippen molar-refractivity contribution >= 4 is 11.9 Å². The lowest BCUT2D eigenvalue weighted by Gasteiger charge is -2.22.